The Morgan fingerprint density at radius 3 is 2.50 bits per heavy atom. The summed E-state index contributed by atoms with van der Waals surface area (Å²) < 4.78 is 6.63. The molecule has 2 rings (SSSR count). The fourth-order valence-corrected chi connectivity index (χ4v) is 1.90. The lowest BCUT2D eigenvalue weighted by molar-refractivity contribution is -0.118. The number of rotatable bonds is 4. The van der Waals surface area contributed by atoms with Gasteiger partial charge < -0.3 is 15.9 Å². The number of amides is 1. The molecular weight excluding hydrogens is 296 g/mol. The summed E-state index contributed by atoms with van der Waals surface area (Å²) in [5, 5.41) is 0. The quantitative estimate of drug-likeness (QED) is 0.910. The van der Waals surface area contributed by atoms with Crippen molar-refractivity contribution in [3.8, 4) is 11.3 Å². The van der Waals surface area contributed by atoms with Crippen molar-refractivity contribution in [2.45, 2.75) is 12.5 Å². The first-order chi connectivity index (χ1) is 8.56. The van der Waals surface area contributed by atoms with Crippen LogP contribution in [0.5, 0.6) is 0 Å². The predicted molar refractivity (Wildman–Crippen MR) is 72.6 cm³/mol. The molecule has 18 heavy (non-hydrogen) atoms. The van der Waals surface area contributed by atoms with E-state index in [1.165, 1.54) is 0 Å². The summed E-state index contributed by atoms with van der Waals surface area (Å²) in [5.74, 6) is 0.841. The smallest absolute Gasteiger partial charge is 0.219 e. The van der Waals surface area contributed by atoms with E-state index >= 15 is 0 Å². The van der Waals surface area contributed by atoms with Gasteiger partial charge in [-0.1, -0.05) is 28.1 Å². The van der Waals surface area contributed by atoms with E-state index in [2.05, 4.69) is 15.9 Å². The van der Waals surface area contributed by atoms with Gasteiger partial charge in [0, 0.05) is 16.5 Å². The summed E-state index contributed by atoms with van der Waals surface area (Å²) in [6.07, 6.45) is 0.0767. The Morgan fingerprint density at radius 1 is 1.22 bits per heavy atom. The highest BCUT2D eigenvalue weighted by Crippen LogP contribution is 2.26. The Morgan fingerprint density at radius 2 is 1.89 bits per heavy atom. The van der Waals surface area contributed by atoms with Crippen LogP contribution in [0, 0.1) is 0 Å². The van der Waals surface area contributed by atoms with Crippen molar-refractivity contribution >= 4 is 21.8 Å². The molecule has 0 fully saturated rings. The minimum Gasteiger partial charge on any atom is -0.459 e. The Hall–Kier alpha value is -1.59. The third kappa shape index (κ3) is 3.00. The van der Waals surface area contributed by atoms with Crippen LogP contribution in [-0.2, 0) is 4.79 Å². The lowest BCUT2D eigenvalue weighted by atomic mass is 10.1. The van der Waals surface area contributed by atoms with Crippen molar-refractivity contribution < 1.29 is 9.21 Å². The molecule has 0 spiro atoms. The van der Waals surface area contributed by atoms with Crippen LogP contribution in [0.3, 0.4) is 0 Å². The van der Waals surface area contributed by atoms with Crippen molar-refractivity contribution in [1.29, 1.82) is 0 Å². The SMILES string of the molecule is NC(=O)C[C@@H](N)c1ccc(-c2ccc(Br)cc2)o1. The molecule has 5 heteroatoms. The van der Waals surface area contributed by atoms with E-state index in [-0.39, 0.29) is 6.42 Å². The summed E-state index contributed by atoms with van der Waals surface area (Å²) in [6.45, 7) is 0. The number of hydrogen-bond acceptors (Lipinski definition) is 3. The minimum absolute atomic E-state index is 0.0767. The van der Waals surface area contributed by atoms with Gasteiger partial charge in [0.2, 0.25) is 5.91 Å². The molecule has 1 aromatic heterocycles. The molecule has 0 saturated heterocycles. The summed E-state index contributed by atoms with van der Waals surface area (Å²) in [6, 6.07) is 10.8. The Balaban J connectivity index is 2.19. The molecule has 94 valence electrons. The fraction of sp³-hybridized carbons (Fsp3) is 0.154. The van der Waals surface area contributed by atoms with E-state index < -0.39 is 11.9 Å². The van der Waals surface area contributed by atoms with E-state index in [9.17, 15) is 4.79 Å². The molecule has 1 aromatic carbocycles. The van der Waals surface area contributed by atoms with Crippen LogP contribution < -0.4 is 11.5 Å². The van der Waals surface area contributed by atoms with Crippen molar-refractivity contribution in [3.63, 3.8) is 0 Å². The molecular formula is C13H13BrN2O2. The van der Waals surface area contributed by atoms with Gasteiger partial charge >= 0.3 is 0 Å². The van der Waals surface area contributed by atoms with Gasteiger partial charge in [0.25, 0.3) is 0 Å². The maximum atomic E-state index is 10.8. The highest BCUT2D eigenvalue weighted by Gasteiger charge is 2.14. The molecule has 2 aromatic rings. The molecule has 0 aliphatic rings. The fourth-order valence-electron chi connectivity index (χ4n) is 1.64. The zero-order valence-corrected chi connectivity index (χ0v) is 11.2. The molecule has 1 heterocycles. The van der Waals surface area contributed by atoms with Gasteiger partial charge in [-0.25, -0.2) is 0 Å². The third-order valence-electron chi connectivity index (χ3n) is 2.54. The van der Waals surface area contributed by atoms with E-state index in [1.54, 1.807) is 6.07 Å². The van der Waals surface area contributed by atoms with E-state index in [0.29, 0.717) is 5.76 Å². The largest absolute Gasteiger partial charge is 0.459 e. The molecule has 4 nitrogen and oxygen atoms in total. The average Bonchev–Trinajstić information content (AvgIpc) is 2.78. The van der Waals surface area contributed by atoms with Gasteiger partial charge in [-0.3, -0.25) is 4.79 Å². The van der Waals surface area contributed by atoms with Gasteiger partial charge in [0.05, 0.1) is 6.04 Å². The third-order valence-corrected chi connectivity index (χ3v) is 3.07. The number of halogens is 1. The first-order valence-electron chi connectivity index (χ1n) is 5.46. The lowest BCUT2D eigenvalue weighted by Gasteiger charge is -2.05. The highest BCUT2D eigenvalue weighted by molar-refractivity contribution is 9.10. The Labute approximate surface area is 113 Å². The van der Waals surface area contributed by atoms with Crippen LogP contribution in [0.15, 0.2) is 45.3 Å². The summed E-state index contributed by atoms with van der Waals surface area (Å²) in [7, 11) is 0. The van der Waals surface area contributed by atoms with E-state index in [0.717, 1.165) is 15.8 Å². The van der Waals surface area contributed by atoms with Crippen LogP contribution in [0.4, 0.5) is 0 Å². The molecule has 4 N–H and O–H groups in total. The Kier molecular flexibility index (Phi) is 3.84. The first kappa shape index (κ1) is 12.9. The molecule has 0 radical (unpaired) electrons. The topological polar surface area (TPSA) is 82.2 Å². The standard InChI is InChI=1S/C13H13BrN2O2/c14-9-3-1-8(2-4-9)11-5-6-12(18-11)10(15)7-13(16)17/h1-6,10H,7,15H2,(H2,16,17)/t10-/m1/s1. The molecule has 0 aliphatic heterocycles. The summed E-state index contributed by atoms with van der Waals surface area (Å²) in [4.78, 5) is 10.8. The molecule has 0 unspecified atom stereocenters. The minimum atomic E-state index is -0.494. The lowest BCUT2D eigenvalue weighted by Crippen LogP contribution is -2.20. The van der Waals surface area contributed by atoms with Crippen molar-refractivity contribution in [1.82, 2.24) is 0 Å². The van der Waals surface area contributed by atoms with Gasteiger partial charge in [-0.05, 0) is 24.3 Å². The molecule has 1 atom stereocenters. The molecule has 1 amide bonds. The van der Waals surface area contributed by atoms with Crippen molar-refractivity contribution in [2.75, 3.05) is 0 Å². The highest BCUT2D eigenvalue weighted by atomic mass is 79.9. The normalized spacial score (nSPS) is 12.3. The maximum Gasteiger partial charge on any atom is 0.219 e. The van der Waals surface area contributed by atoms with Crippen LogP contribution >= 0.6 is 15.9 Å². The van der Waals surface area contributed by atoms with Crippen LogP contribution in [0.2, 0.25) is 0 Å². The molecule has 0 aliphatic carbocycles. The van der Waals surface area contributed by atoms with Gasteiger partial charge in [-0.15, -0.1) is 0 Å². The van der Waals surface area contributed by atoms with Crippen molar-refractivity contribution in [2.24, 2.45) is 11.5 Å². The number of primary amides is 1. The summed E-state index contributed by atoms with van der Waals surface area (Å²) >= 11 is 3.37. The maximum absolute atomic E-state index is 10.8. The molecule has 0 bridgehead atoms. The van der Waals surface area contributed by atoms with Crippen LogP contribution in [-0.4, -0.2) is 5.91 Å². The van der Waals surface area contributed by atoms with Crippen LogP contribution in [0.1, 0.15) is 18.2 Å². The summed E-state index contributed by atoms with van der Waals surface area (Å²) in [5.41, 5.74) is 11.9. The monoisotopic (exact) mass is 308 g/mol. The Bertz CT molecular complexity index is 548. The van der Waals surface area contributed by atoms with Gasteiger partial charge in [0.1, 0.15) is 11.5 Å². The number of nitrogens with two attached hydrogens (primary N) is 2. The second kappa shape index (κ2) is 5.37. The first-order valence-corrected chi connectivity index (χ1v) is 6.25. The number of furan rings is 1. The number of carbonyl (C=O) groups is 1. The zero-order valence-electron chi connectivity index (χ0n) is 9.60. The van der Waals surface area contributed by atoms with E-state index in [4.69, 9.17) is 15.9 Å². The van der Waals surface area contributed by atoms with Crippen LogP contribution in [0.25, 0.3) is 11.3 Å². The number of benzene rings is 1. The second-order valence-corrected chi connectivity index (χ2v) is 4.90. The predicted octanol–water partition coefficient (Wildman–Crippen LogP) is 2.58. The average molecular weight is 309 g/mol. The van der Waals surface area contributed by atoms with Gasteiger partial charge in [0.15, 0.2) is 0 Å². The zero-order chi connectivity index (χ0) is 13.1. The molecule has 0 saturated carbocycles. The number of hydrogen-bond donors (Lipinski definition) is 2. The number of carbonyl (C=O) groups excluding carboxylic acids is 1. The second-order valence-electron chi connectivity index (χ2n) is 3.99. The van der Waals surface area contributed by atoms with Gasteiger partial charge in [-0.2, -0.15) is 0 Å². The van der Waals surface area contributed by atoms with E-state index in [1.807, 2.05) is 30.3 Å². The van der Waals surface area contributed by atoms with Crippen molar-refractivity contribution in [3.05, 3.63) is 46.6 Å².